The van der Waals surface area contributed by atoms with Gasteiger partial charge in [0.05, 0.1) is 11.6 Å². The molecule has 4 nitrogen and oxygen atoms in total. The maximum Gasteiger partial charge on any atom is 0.311 e. The first-order valence-corrected chi connectivity index (χ1v) is 10.1. The highest BCUT2D eigenvalue weighted by Gasteiger charge is 2.08. The molecule has 0 spiro atoms. The number of rotatable bonds is 13. The zero-order valence-corrected chi connectivity index (χ0v) is 16.9. The van der Waals surface area contributed by atoms with E-state index in [1.807, 2.05) is 0 Å². The summed E-state index contributed by atoms with van der Waals surface area (Å²) in [5.74, 6) is -0.0435. The van der Waals surface area contributed by atoms with E-state index in [0.29, 0.717) is 35.2 Å². The molecule has 0 aliphatic carbocycles. The number of carbonyl (C=O) groups is 2. The van der Waals surface area contributed by atoms with Crippen LogP contribution >= 0.6 is 23.2 Å². The van der Waals surface area contributed by atoms with Crippen LogP contribution in [0, 0.1) is 0 Å². The molecule has 0 unspecified atom stereocenters. The molecule has 1 rings (SSSR count). The minimum atomic E-state index is -0.288. The molecular weight excluding hydrogens is 375 g/mol. The van der Waals surface area contributed by atoms with Gasteiger partial charge in [0.2, 0.25) is 0 Å². The second kappa shape index (κ2) is 13.9. The molecule has 0 aliphatic heterocycles. The molecule has 1 aromatic carbocycles. The highest BCUT2D eigenvalue weighted by atomic mass is 35.5. The predicted molar refractivity (Wildman–Crippen MR) is 105 cm³/mol. The average molecular weight is 403 g/mol. The third-order valence-electron chi connectivity index (χ3n) is 3.89. The second-order valence-electron chi connectivity index (χ2n) is 6.24. The summed E-state index contributed by atoms with van der Waals surface area (Å²) in [6, 6.07) is 4.77. The molecule has 0 heterocycles. The lowest BCUT2D eigenvalue weighted by molar-refractivity contribution is -0.144. The molecule has 1 aromatic rings. The van der Waals surface area contributed by atoms with Gasteiger partial charge in [0.15, 0.2) is 0 Å². The van der Waals surface area contributed by atoms with Crippen LogP contribution in [0.1, 0.15) is 71.1 Å². The van der Waals surface area contributed by atoms with E-state index in [4.69, 9.17) is 32.7 Å². The van der Waals surface area contributed by atoms with E-state index in [2.05, 4.69) is 6.92 Å². The summed E-state index contributed by atoms with van der Waals surface area (Å²) in [4.78, 5) is 23.2. The van der Waals surface area contributed by atoms with Gasteiger partial charge in [-0.2, -0.15) is 0 Å². The minimum absolute atomic E-state index is 0.0953. The van der Waals surface area contributed by atoms with Gasteiger partial charge in [-0.1, -0.05) is 62.2 Å². The lowest BCUT2D eigenvalue weighted by Gasteiger charge is -2.06. The van der Waals surface area contributed by atoms with E-state index in [1.165, 1.54) is 0 Å². The topological polar surface area (TPSA) is 52.6 Å². The standard InChI is InChI=1S/C20H28Cl2O4/c1-2-3-14-25-19(23)10-8-6-4-5-7-9-11-20(24)26-18-13-12-16(21)15-17(18)22/h12-13,15H,2-11,14H2,1H3. The van der Waals surface area contributed by atoms with E-state index >= 15 is 0 Å². The molecule has 0 N–H and O–H groups in total. The molecular formula is C20H28Cl2O4. The number of ether oxygens (including phenoxy) is 2. The van der Waals surface area contributed by atoms with E-state index in [0.717, 1.165) is 51.4 Å². The Kier molecular flexibility index (Phi) is 12.2. The van der Waals surface area contributed by atoms with Crippen LogP contribution in [-0.2, 0) is 14.3 Å². The predicted octanol–water partition coefficient (Wildman–Crippen LogP) is 6.36. The molecule has 0 amide bonds. The quantitative estimate of drug-likeness (QED) is 0.218. The number of esters is 2. The third kappa shape index (κ3) is 10.7. The molecule has 6 heteroatoms. The molecule has 0 fully saturated rings. The summed E-state index contributed by atoms with van der Waals surface area (Å²) >= 11 is 11.8. The number of carbonyl (C=O) groups excluding carboxylic acids is 2. The Bertz CT molecular complexity index is 561. The van der Waals surface area contributed by atoms with Gasteiger partial charge in [0, 0.05) is 17.9 Å². The number of hydrogen-bond acceptors (Lipinski definition) is 4. The van der Waals surface area contributed by atoms with Crippen LogP contribution in [0.25, 0.3) is 0 Å². The Balaban J connectivity index is 2.00. The maximum atomic E-state index is 11.8. The van der Waals surface area contributed by atoms with Gasteiger partial charge in [-0.25, -0.2) is 0 Å². The smallest absolute Gasteiger partial charge is 0.311 e. The zero-order chi connectivity index (χ0) is 19.2. The Morgan fingerprint density at radius 2 is 1.50 bits per heavy atom. The molecule has 0 bridgehead atoms. The summed E-state index contributed by atoms with van der Waals surface area (Å²) in [6.45, 7) is 2.60. The molecule has 0 saturated heterocycles. The van der Waals surface area contributed by atoms with Gasteiger partial charge in [-0.15, -0.1) is 0 Å². The van der Waals surface area contributed by atoms with Gasteiger partial charge >= 0.3 is 11.9 Å². The Morgan fingerprint density at radius 3 is 2.12 bits per heavy atom. The van der Waals surface area contributed by atoms with Gasteiger partial charge in [-0.3, -0.25) is 9.59 Å². The van der Waals surface area contributed by atoms with Crippen LogP contribution < -0.4 is 4.74 Å². The molecule has 26 heavy (non-hydrogen) atoms. The van der Waals surface area contributed by atoms with Crippen molar-refractivity contribution in [1.82, 2.24) is 0 Å². The maximum absolute atomic E-state index is 11.8. The summed E-state index contributed by atoms with van der Waals surface area (Å²) < 4.78 is 10.3. The van der Waals surface area contributed by atoms with Crippen molar-refractivity contribution in [3.63, 3.8) is 0 Å². The SMILES string of the molecule is CCCCOC(=O)CCCCCCCCC(=O)Oc1ccc(Cl)cc1Cl. The lowest BCUT2D eigenvalue weighted by Crippen LogP contribution is -2.07. The average Bonchev–Trinajstić information content (AvgIpc) is 2.60. The Morgan fingerprint density at radius 1 is 0.885 bits per heavy atom. The van der Waals surface area contributed by atoms with Crippen LogP contribution in [-0.4, -0.2) is 18.5 Å². The number of unbranched alkanes of at least 4 members (excludes halogenated alkanes) is 6. The normalized spacial score (nSPS) is 10.6. The summed E-state index contributed by atoms with van der Waals surface area (Å²) in [5.41, 5.74) is 0. The van der Waals surface area contributed by atoms with Crippen molar-refractivity contribution in [2.45, 2.75) is 71.1 Å². The monoisotopic (exact) mass is 402 g/mol. The highest BCUT2D eigenvalue weighted by Crippen LogP contribution is 2.27. The van der Waals surface area contributed by atoms with Crippen LogP contribution in [0.3, 0.4) is 0 Å². The number of benzene rings is 1. The van der Waals surface area contributed by atoms with Gasteiger partial charge < -0.3 is 9.47 Å². The van der Waals surface area contributed by atoms with Crippen LogP contribution in [0.15, 0.2) is 18.2 Å². The summed E-state index contributed by atoms with van der Waals surface area (Å²) in [5, 5.41) is 0.836. The number of halogens is 2. The van der Waals surface area contributed by atoms with Gasteiger partial charge in [0.25, 0.3) is 0 Å². The van der Waals surface area contributed by atoms with Crippen molar-refractivity contribution >= 4 is 35.1 Å². The van der Waals surface area contributed by atoms with Crippen LogP contribution in [0.2, 0.25) is 10.0 Å². The fourth-order valence-corrected chi connectivity index (χ4v) is 2.83. The van der Waals surface area contributed by atoms with Crippen molar-refractivity contribution in [1.29, 1.82) is 0 Å². The van der Waals surface area contributed by atoms with Gasteiger partial charge in [-0.05, 0) is 37.5 Å². The first-order valence-electron chi connectivity index (χ1n) is 9.34. The van der Waals surface area contributed by atoms with Crippen LogP contribution in [0.4, 0.5) is 0 Å². The Hall–Kier alpha value is -1.26. The first-order chi connectivity index (χ1) is 12.5. The van der Waals surface area contributed by atoms with Crippen molar-refractivity contribution in [3.8, 4) is 5.75 Å². The minimum Gasteiger partial charge on any atom is -0.466 e. The van der Waals surface area contributed by atoms with E-state index in [-0.39, 0.29) is 11.9 Å². The summed E-state index contributed by atoms with van der Waals surface area (Å²) in [7, 11) is 0. The van der Waals surface area contributed by atoms with E-state index in [9.17, 15) is 9.59 Å². The third-order valence-corrected chi connectivity index (χ3v) is 4.42. The highest BCUT2D eigenvalue weighted by molar-refractivity contribution is 6.35. The zero-order valence-electron chi connectivity index (χ0n) is 15.4. The van der Waals surface area contributed by atoms with Crippen molar-refractivity contribution < 1.29 is 19.1 Å². The fourth-order valence-electron chi connectivity index (χ4n) is 2.38. The van der Waals surface area contributed by atoms with Crippen molar-refractivity contribution in [3.05, 3.63) is 28.2 Å². The molecule has 0 aromatic heterocycles. The van der Waals surface area contributed by atoms with E-state index in [1.54, 1.807) is 18.2 Å². The lowest BCUT2D eigenvalue weighted by atomic mass is 10.1. The molecule has 0 radical (unpaired) electrons. The van der Waals surface area contributed by atoms with Crippen molar-refractivity contribution in [2.75, 3.05) is 6.61 Å². The largest absolute Gasteiger partial charge is 0.466 e. The number of hydrogen-bond donors (Lipinski definition) is 0. The Labute approximate surface area is 166 Å². The molecule has 0 saturated carbocycles. The van der Waals surface area contributed by atoms with Gasteiger partial charge in [0.1, 0.15) is 5.75 Å². The first kappa shape index (κ1) is 22.8. The van der Waals surface area contributed by atoms with Crippen LogP contribution in [0.5, 0.6) is 5.75 Å². The fraction of sp³-hybridized carbons (Fsp3) is 0.600. The molecule has 146 valence electrons. The summed E-state index contributed by atoms with van der Waals surface area (Å²) in [6.07, 6.45) is 8.54. The molecule has 0 aliphatic rings. The molecule has 0 atom stereocenters. The van der Waals surface area contributed by atoms with Crippen molar-refractivity contribution in [2.24, 2.45) is 0 Å². The van der Waals surface area contributed by atoms with E-state index < -0.39 is 0 Å². The second-order valence-corrected chi connectivity index (χ2v) is 7.09.